The van der Waals surface area contributed by atoms with E-state index < -0.39 is 24.0 Å². The normalized spacial score (nSPS) is 11.1. The SMILES string of the molecule is COC(=O)[C@@H](CCC(C)=O)NC(=O)CNC(=O)OCc1ccccc1. The van der Waals surface area contributed by atoms with Crippen molar-refractivity contribution in [2.24, 2.45) is 0 Å². The third-order valence-electron chi connectivity index (χ3n) is 3.21. The van der Waals surface area contributed by atoms with Gasteiger partial charge in [-0.3, -0.25) is 4.79 Å². The predicted molar refractivity (Wildman–Crippen MR) is 88.5 cm³/mol. The van der Waals surface area contributed by atoms with Crippen LogP contribution in [0.25, 0.3) is 0 Å². The minimum atomic E-state index is -0.941. The maximum absolute atomic E-state index is 11.8. The highest BCUT2D eigenvalue weighted by molar-refractivity contribution is 5.87. The maximum Gasteiger partial charge on any atom is 0.407 e. The number of hydrogen-bond donors (Lipinski definition) is 2. The van der Waals surface area contributed by atoms with Crippen molar-refractivity contribution < 1.29 is 28.7 Å². The van der Waals surface area contributed by atoms with Gasteiger partial charge in [-0.25, -0.2) is 9.59 Å². The molecule has 0 aliphatic carbocycles. The summed E-state index contributed by atoms with van der Waals surface area (Å²) < 4.78 is 9.55. The van der Waals surface area contributed by atoms with Crippen LogP contribution < -0.4 is 10.6 Å². The molecule has 25 heavy (non-hydrogen) atoms. The van der Waals surface area contributed by atoms with Crippen molar-refractivity contribution in [3.8, 4) is 0 Å². The first-order valence-corrected chi connectivity index (χ1v) is 7.73. The van der Waals surface area contributed by atoms with Gasteiger partial charge in [-0.2, -0.15) is 0 Å². The van der Waals surface area contributed by atoms with E-state index in [1.165, 1.54) is 14.0 Å². The molecule has 0 spiro atoms. The first kappa shape index (κ1) is 20.1. The largest absolute Gasteiger partial charge is 0.467 e. The molecule has 136 valence electrons. The summed E-state index contributed by atoms with van der Waals surface area (Å²) in [5.41, 5.74) is 0.817. The van der Waals surface area contributed by atoms with E-state index in [0.717, 1.165) is 5.56 Å². The van der Waals surface area contributed by atoms with Crippen LogP contribution in [0.3, 0.4) is 0 Å². The second kappa shape index (κ2) is 10.8. The molecule has 0 bridgehead atoms. The molecule has 2 N–H and O–H groups in total. The van der Waals surface area contributed by atoms with E-state index >= 15 is 0 Å². The van der Waals surface area contributed by atoms with Crippen molar-refractivity contribution in [3.63, 3.8) is 0 Å². The number of rotatable bonds is 9. The van der Waals surface area contributed by atoms with Gasteiger partial charge in [-0.15, -0.1) is 0 Å². The van der Waals surface area contributed by atoms with Crippen molar-refractivity contribution >= 4 is 23.8 Å². The van der Waals surface area contributed by atoms with Crippen molar-refractivity contribution in [2.45, 2.75) is 32.4 Å². The van der Waals surface area contributed by atoms with Crippen LogP contribution in [0.5, 0.6) is 0 Å². The van der Waals surface area contributed by atoms with Crippen LogP contribution in [-0.4, -0.2) is 43.4 Å². The molecule has 1 aromatic carbocycles. The maximum atomic E-state index is 11.8. The Morgan fingerprint density at radius 2 is 1.80 bits per heavy atom. The fourth-order valence-corrected chi connectivity index (χ4v) is 1.91. The molecule has 0 aliphatic heterocycles. The molecule has 0 aliphatic rings. The van der Waals surface area contributed by atoms with Crippen LogP contribution in [0.4, 0.5) is 4.79 Å². The molecule has 1 atom stereocenters. The summed E-state index contributed by atoms with van der Waals surface area (Å²) in [5.74, 6) is -1.34. The molecule has 1 rings (SSSR count). The van der Waals surface area contributed by atoms with Gasteiger partial charge in [0.15, 0.2) is 0 Å². The molecular formula is C17H22N2O6. The van der Waals surface area contributed by atoms with Gasteiger partial charge >= 0.3 is 12.1 Å². The summed E-state index contributed by atoms with van der Waals surface area (Å²) in [4.78, 5) is 46.0. The van der Waals surface area contributed by atoms with Gasteiger partial charge in [0, 0.05) is 6.42 Å². The Balaban J connectivity index is 2.36. The summed E-state index contributed by atoms with van der Waals surface area (Å²) in [6.45, 7) is 1.11. The lowest BCUT2D eigenvalue weighted by atomic mass is 10.1. The fraction of sp³-hybridized carbons (Fsp3) is 0.412. The zero-order valence-electron chi connectivity index (χ0n) is 14.2. The Morgan fingerprint density at radius 3 is 2.40 bits per heavy atom. The van der Waals surface area contributed by atoms with Gasteiger partial charge in [-0.1, -0.05) is 30.3 Å². The first-order valence-electron chi connectivity index (χ1n) is 7.73. The zero-order chi connectivity index (χ0) is 18.7. The third-order valence-corrected chi connectivity index (χ3v) is 3.21. The summed E-state index contributed by atoms with van der Waals surface area (Å²) in [6.07, 6.45) is -0.490. The number of nitrogens with one attached hydrogen (secondary N) is 2. The monoisotopic (exact) mass is 350 g/mol. The summed E-state index contributed by atoms with van der Waals surface area (Å²) in [6, 6.07) is 8.14. The van der Waals surface area contributed by atoms with E-state index in [4.69, 9.17) is 4.74 Å². The molecule has 0 heterocycles. The van der Waals surface area contributed by atoms with E-state index in [1.54, 1.807) is 12.1 Å². The van der Waals surface area contributed by atoms with Gasteiger partial charge in [0.1, 0.15) is 25.0 Å². The number of esters is 1. The predicted octanol–water partition coefficient (Wildman–Crippen LogP) is 0.940. The molecule has 0 saturated heterocycles. The number of methoxy groups -OCH3 is 1. The lowest BCUT2D eigenvalue weighted by Gasteiger charge is -2.16. The number of hydrogen-bond acceptors (Lipinski definition) is 6. The molecule has 0 saturated carbocycles. The first-order chi connectivity index (χ1) is 11.9. The van der Waals surface area contributed by atoms with Gasteiger partial charge < -0.3 is 24.9 Å². The topological polar surface area (TPSA) is 111 Å². The Labute approximate surface area is 145 Å². The molecule has 0 fully saturated rings. The highest BCUT2D eigenvalue weighted by Gasteiger charge is 2.22. The highest BCUT2D eigenvalue weighted by Crippen LogP contribution is 2.01. The molecule has 8 nitrogen and oxygen atoms in total. The molecular weight excluding hydrogens is 328 g/mol. The lowest BCUT2D eigenvalue weighted by molar-refractivity contribution is -0.145. The van der Waals surface area contributed by atoms with Crippen molar-refractivity contribution in [3.05, 3.63) is 35.9 Å². The van der Waals surface area contributed by atoms with E-state index in [9.17, 15) is 19.2 Å². The summed E-state index contributed by atoms with van der Waals surface area (Å²) >= 11 is 0. The second-order valence-electron chi connectivity index (χ2n) is 5.30. The van der Waals surface area contributed by atoms with E-state index in [2.05, 4.69) is 15.4 Å². The Bertz CT molecular complexity index is 602. The van der Waals surface area contributed by atoms with Gasteiger partial charge in [0.2, 0.25) is 5.91 Å². The molecule has 0 aromatic heterocycles. The minimum Gasteiger partial charge on any atom is -0.467 e. The van der Waals surface area contributed by atoms with Crippen LogP contribution in [0.15, 0.2) is 30.3 Å². The number of ketones is 1. The van der Waals surface area contributed by atoms with Crippen LogP contribution >= 0.6 is 0 Å². The number of alkyl carbamates (subject to hydrolysis) is 1. The number of carbonyl (C=O) groups excluding carboxylic acids is 4. The summed E-state index contributed by atoms with van der Waals surface area (Å²) in [7, 11) is 1.19. The fourth-order valence-electron chi connectivity index (χ4n) is 1.91. The van der Waals surface area contributed by atoms with Crippen LogP contribution in [-0.2, 0) is 30.5 Å². The van der Waals surface area contributed by atoms with Crippen LogP contribution in [0, 0.1) is 0 Å². The smallest absolute Gasteiger partial charge is 0.407 e. The third kappa shape index (κ3) is 8.50. The Hall–Kier alpha value is -2.90. The van der Waals surface area contributed by atoms with Crippen molar-refractivity contribution in [2.75, 3.05) is 13.7 Å². The number of amides is 2. The minimum absolute atomic E-state index is 0.0810. The molecule has 8 heteroatoms. The molecule has 2 amide bonds. The quantitative estimate of drug-likeness (QED) is 0.641. The van der Waals surface area contributed by atoms with Crippen LogP contribution in [0.1, 0.15) is 25.3 Å². The average Bonchev–Trinajstić information content (AvgIpc) is 2.61. The van der Waals surface area contributed by atoms with Gasteiger partial charge in [0.05, 0.1) is 7.11 Å². The van der Waals surface area contributed by atoms with E-state index in [1.807, 2.05) is 18.2 Å². The summed E-state index contributed by atoms with van der Waals surface area (Å²) in [5, 5.41) is 4.70. The Morgan fingerprint density at radius 1 is 1.12 bits per heavy atom. The van der Waals surface area contributed by atoms with E-state index in [-0.39, 0.29) is 31.8 Å². The number of Topliss-reactive ketones (excluding diaryl/α,β-unsaturated/α-hetero) is 1. The standard InChI is InChI=1S/C17H22N2O6/c1-12(20)8-9-14(16(22)24-2)19-15(21)10-18-17(23)25-11-13-6-4-3-5-7-13/h3-7,14H,8-11H2,1-2H3,(H,18,23)(H,19,21)/t14-/m1/s1. The Kier molecular flexibility index (Phi) is 8.70. The molecule has 0 radical (unpaired) electrons. The second-order valence-corrected chi connectivity index (χ2v) is 5.30. The molecule has 1 aromatic rings. The lowest BCUT2D eigenvalue weighted by Crippen LogP contribution is -2.46. The number of ether oxygens (including phenoxy) is 2. The van der Waals surface area contributed by atoms with Crippen LogP contribution in [0.2, 0.25) is 0 Å². The van der Waals surface area contributed by atoms with E-state index in [0.29, 0.717) is 0 Å². The van der Waals surface area contributed by atoms with Crippen molar-refractivity contribution in [1.29, 1.82) is 0 Å². The van der Waals surface area contributed by atoms with Gasteiger partial charge in [-0.05, 0) is 18.9 Å². The number of benzene rings is 1. The van der Waals surface area contributed by atoms with Gasteiger partial charge in [0.25, 0.3) is 0 Å². The zero-order valence-corrected chi connectivity index (χ0v) is 14.2. The van der Waals surface area contributed by atoms with Crippen molar-refractivity contribution in [1.82, 2.24) is 10.6 Å². The average molecular weight is 350 g/mol. The number of carbonyl (C=O) groups is 4. The molecule has 0 unspecified atom stereocenters. The highest BCUT2D eigenvalue weighted by atomic mass is 16.5.